The number of thiocarbonyl (C=S) groups is 1. The SMILES string of the molecule is COCCN(CCC(N)=S)C(=O)Cc1c(F)cccc1Cl. The average Bonchev–Trinajstić information content (AvgIpc) is 2.42. The molecule has 0 aliphatic carbocycles. The topological polar surface area (TPSA) is 55.6 Å². The molecule has 0 saturated carbocycles. The number of amides is 1. The number of benzene rings is 1. The zero-order chi connectivity index (χ0) is 15.8. The van der Waals surface area contributed by atoms with Crippen LogP contribution in [-0.2, 0) is 16.0 Å². The van der Waals surface area contributed by atoms with Crippen molar-refractivity contribution in [2.24, 2.45) is 5.73 Å². The van der Waals surface area contributed by atoms with Crippen molar-refractivity contribution in [3.63, 3.8) is 0 Å². The minimum Gasteiger partial charge on any atom is -0.393 e. The van der Waals surface area contributed by atoms with E-state index in [1.807, 2.05) is 0 Å². The van der Waals surface area contributed by atoms with Gasteiger partial charge in [0.15, 0.2) is 0 Å². The Balaban J connectivity index is 2.77. The van der Waals surface area contributed by atoms with Crippen LogP contribution in [0.3, 0.4) is 0 Å². The predicted molar refractivity (Wildman–Crippen MR) is 85.0 cm³/mol. The largest absolute Gasteiger partial charge is 0.393 e. The van der Waals surface area contributed by atoms with Crippen LogP contribution in [0.4, 0.5) is 4.39 Å². The van der Waals surface area contributed by atoms with Crippen LogP contribution >= 0.6 is 23.8 Å². The Morgan fingerprint density at radius 3 is 2.76 bits per heavy atom. The molecule has 0 bridgehead atoms. The lowest BCUT2D eigenvalue weighted by molar-refractivity contribution is -0.131. The molecule has 1 aromatic rings. The molecule has 2 N–H and O–H groups in total. The van der Waals surface area contributed by atoms with Crippen LogP contribution < -0.4 is 5.73 Å². The van der Waals surface area contributed by atoms with Crippen LogP contribution in [0, 0.1) is 5.82 Å². The first-order chi connectivity index (χ1) is 9.95. The van der Waals surface area contributed by atoms with Gasteiger partial charge in [0.25, 0.3) is 0 Å². The van der Waals surface area contributed by atoms with Crippen molar-refractivity contribution < 1.29 is 13.9 Å². The molecule has 0 aromatic heterocycles. The zero-order valence-corrected chi connectivity index (χ0v) is 13.3. The normalized spacial score (nSPS) is 10.4. The highest BCUT2D eigenvalue weighted by Gasteiger charge is 2.17. The summed E-state index contributed by atoms with van der Waals surface area (Å²) >= 11 is 10.7. The van der Waals surface area contributed by atoms with Crippen molar-refractivity contribution >= 4 is 34.7 Å². The quantitative estimate of drug-likeness (QED) is 0.741. The van der Waals surface area contributed by atoms with Crippen molar-refractivity contribution in [1.29, 1.82) is 0 Å². The van der Waals surface area contributed by atoms with E-state index in [1.54, 1.807) is 18.1 Å². The van der Waals surface area contributed by atoms with Gasteiger partial charge >= 0.3 is 0 Å². The molecule has 0 unspecified atom stereocenters. The third-order valence-electron chi connectivity index (χ3n) is 2.94. The monoisotopic (exact) mass is 332 g/mol. The van der Waals surface area contributed by atoms with Gasteiger partial charge in [-0.2, -0.15) is 0 Å². The van der Waals surface area contributed by atoms with Gasteiger partial charge in [0, 0.05) is 37.2 Å². The highest BCUT2D eigenvalue weighted by Crippen LogP contribution is 2.20. The van der Waals surface area contributed by atoms with Gasteiger partial charge in [-0.05, 0) is 12.1 Å². The Morgan fingerprint density at radius 2 is 2.19 bits per heavy atom. The Hall–Kier alpha value is -1.24. The zero-order valence-electron chi connectivity index (χ0n) is 11.8. The molecule has 1 rings (SSSR count). The van der Waals surface area contributed by atoms with Crippen molar-refractivity contribution in [3.05, 3.63) is 34.6 Å². The molecule has 1 aromatic carbocycles. The maximum absolute atomic E-state index is 13.7. The second-order valence-corrected chi connectivity index (χ2v) is 5.40. The molecule has 21 heavy (non-hydrogen) atoms. The molecule has 4 nitrogen and oxygen atoms in total. The minimum absolute atomic E-state index is 0.105. The summed E-state index contributed by atoms with van der Waals surface area (Å²) in [4.78, 5) is 14.2. The minimum atomic E-state index is -0.489. The number of nitrogens with two attached hydrogens (primary N) is 1. The Labute approximate surface area is 134 Å². The molecule has 7 heteroatoms. The summed E-state index contributed by atoms with van der Waals surface area (Å²) in [6.07, 6.45) is 0.308. The Morgan fingerprint density at radius 1 is 1.48 bits per heavy atom. The van der Waals surface area contributed by atoms with Crippen LogP contribution in [0.25, 0.3) is 0 Å². The van der Waals surface area contributed by atoms with Crippen LogP contribution in [0.15, 0.2) is 18.2 Å². The van der Waals surface area contributed by atoms with Gasteiger partial charge < -0.3 is 15.4 Å². The van der Waals surface area contributed by atoms with E-state index in [1.165, 1.54) is 12.1 Å². The van der Waals surface area contributed by atoms with Crippen molar-refractivity contribution in [2.75, 3.05) is 26.8 Å². The fraction of sp³-hybridized carbons (Fsp3) is 0.429. The number of carbonyl (C=O) groups is 1. The second kappa shape index (κ2) is 8.92. The third-order valence-corrected chi connectivity index (χ3v) is 3.49. The van der Waals surface area contributed by atoms with Crippen LogP contribution in [0.1, 0.15) is 12.0 Å². The average molecular weight is 333 g/mol. The van der Waals surface area contributed by atoms with E-state index in [9.17, 15) is 9.18 Å². The number of methoxy groups -OCH3 is 1. The number of nitrogens with zero attached hydrogens (tertiary/aromatic N) is 1. The standard InChI is InChI=1S/C14H18ClFN2O2S/c1-20-8-7-18(6-5-13(17)21)14(19)9-10-11(15)3-2-4-12(10)16/h2-4H,5-9H2,1H3,(H2,17,21). The molecule has 0 aliphatic heterocycles. The van der Waals surface area contributed by atoms with E-state index in [0.29, 0.717) is 31.1 Å². The first kappa shape index (κ1) is 17.8. The summed E-state index contributed by atoms with van der Waals surface area (Å²) in [6.45, 7) is 1.15. The van der Waals surface area contributed by atoms with Gasteiger partial charge in [-0.1, -0.05) is 29.9 Å². The first-order valence-corrected chi connectivity index (χ1v) is 7.22. The molecular weight excluding hydrogens is 315 g/mol. The molecule has 0 fully saturated rings. The number of rotatable bonds is 8. The maximum atomic E-state index is 13.7. The molecule has 0 radical (unpaired) electrons. The molecule has 0 aliphatic rings. The van der Waals surface area contributed by atoms with E-state index in [2.05, 4.69) is 0 Å². The molecule has 0 heterocycles. The molecule has 1 amide bonds. The van der Waals surface area contributed by atoms with Crippen molar-refractivity contribution in [1.82, 2.24) is 4.90 Å². The highest BCUT2D eigenvalue weighted by molar-refractivity contribution is 7.80. The van der Waals surface area contributed by atoms with Crippen LogP contribution in [-0.4, -0.2) is 42.6 Å². The summed E-state index contributed by atoms with van der Waals surface area (Å²) in [5.41, 5.74) is 5.65. The van der Waals surface area contributed by atoms with Crippen LogP contribution in [0.2, 0.25) is 5.02 Å². The van der Waals surface area contributed by atoms with Crippen molar-refractivity contribution in [2.45, 2.75) is 12.8 Å². The smallest absolute Gasteiger partial charge is 0.227 e. The number of carbonyl (C=O) groups excluding carboxylic acids is 1. The van der Waals surface area contributed by atoms with Gasteiger partial charge in [0.1, 0.15) is 5.82 Å². The van der Waals surface area contributed by atoms with E-state index < -0.39 is 5.82 Å². The molecule has 116 valence electrons. The fourth-order valence-corrected chi connectivity index (χ4v) is 2.09. The van der Waals surface area contributed by atoms with E-state index in [4.69, 9.17) is 34.3 Å². The van der Waals surface area contributed by atoms with Gasteiger partial charge in [0.2, 0.25) is 5.91 Å². The van der Waals surface area contributed by atoms with Gasteiger partial charge in [-0.25, -0.2) is 4.39 Å². The lowest BCUT2D eigenvalue weighted by atomic mass is 10.1. The lowest BCUT2D eigenvalue weighted by Gasteiger charge is -2.22. The number of hydrogen-bond donors (Lipinski definition) is 1. The molecule has 0 atom stereocenters. The highest BCUT2D eigenvalue weighted by atomic mass is 35.5. The predicted octanol–water partition coefficient (Wildman–Crippen LogP) is 2.17. The lowest BCUT2D eigenvalue weighted by Crippen LogP contribution is -2.37. The maximum Gasteiger partial charge on any atom is 0.227 e. The number of hydrogen-bond acceptors (Lipinski definition) is 3. The summed E-state index contributed by atoms with van der Waals surface area (Å²) in [5.74, 6) is -0.729. The van der Waals surface area contributed by atoms with E-state index in [0.717, 1.165) is 0 Å². The van der Waals surface area contributed by atoms with E-state index >= 15 is 0 Å². The van der Waals surface area contributed by atoms with Gasteiger partial charge in [-0.15, -0.1) is 0 Å². The van der Waals surface area contributed by atoms with Crippen LogP contribution in [0.5, 0.6) is 0 Å². The molecule has 0 spiro atoms. The van der Waals surface area contributed by atoms with Crippen molar-refractivity contribution in [3.8, 4) is 0 Å². The number of halogens is 2. The Bertz CT molecular complexity index is 493. The summed E-state index contributed by atoms with van der Waals surface area (Å²) in [7, 11) is 1.55. The van der Waals surface area contributed by atoms with Gasteiger partial charge in [-0.3, -0.25) is 4.79 Å². The summed E-state index contributed by atoms with van der Waals surface area (Å²) < 4.78 is 18.7. The van der Waals surface area contributed by atoms with E-state index in [-0.39, 0.29) is 22.9 Å². The second-order valence-electron chi connectivity index (χ2n) is 4.47. The molecular formula is C14H18ClFN2O2S. The number of ether oxygens (including phenoxy) is 1. The molecule has 0 saturated heterocycles. The first-order valence-electron chi connectivity index (χ1n) is 6.43. The Kier molecular flexibility index (Phi) is 7.56. The summed E-state index contributed by atoms with van der Waals surface area (Å²) in [6, 6.07) is 4.34. The third kappa shape index (κ3) is 5.95. The summed E-state index contributed by atoms with van der Waals surface area (Å²) in [5, 5.41) is 0.240. The van der Waals surface area contributed by atoms with Gasteiger partial charge in [0.05, 0.1) is 18.0 Å². The fourth-order valence-electron chi connectivity index (χ4n) is 1.77.